The largest absolute Gasteiger partial charge is 0.398 e. The fourth-order valence-corrected chi connectivity index (χ4v) is 1.16. The molecule has 15 heavy (non-hydrogen) atoms. The Morgan fingerprint density at radius 2 is 2.20 bits per heavy atom. The first kappa shape index (κ1) is 11.0. The van der Waals surface area contributed by atoms with E-state index >= 15 is 0 Å². The van der Waals surface area contributed by atoms with E-state index in [1.165, 1.54) is 6.07 Å². The highest BCUT2D eigenvalue weighted by atomic mass is 16.6. The molecule has 0 saturated heterocycles. The van der Waals surface area contributed by atoms with Crippen molar-refractivity contribution in [3.63, 3.8) is 0 Å². The molecule has 0 aromatic heterocycles. The molecule has 0 saturated carbocycles. The van der Waals surface area contributed by atoms with Crippen molar-refractivity contribution in [2.75, 3.05) is 12.3 Å². The minimum atomic E-state index is -0.466. The fraction of sp³-hybridized carbons (Fsp3) is 0.200. The number of rotatable bonds is 1. The zero-order valence-corrected chi connectivity index (χ0v) is 8.28. The van der Waals surface area contributed by atoms with Crippen LogP contribution in [0.1, 0.15) is 11.1 Å². The maximum absolute atomic E-state index is 10.6. The standard InChI is InChI=1S/C10H11N3O2/c1-7-5-8(3-2-4-11)9(12)6-10(7)13(14)15/h5-6H,4,11-12H2,1H3. The lowest BCUT2D eigenvalue weighted by Gasteiger charge is -2.01. The molecule has 78 valence electrons. The molecule has 0 spiro atoms. The molecular formula is C10H11N3O2. The van der Waals surface area contributed by atoms with Gasteiger partial charge in [-0.25, -0.2) is 0 Å². The van der Waals surface area contributed by atoms with Crippen molar-refractivity contribution in [2.45, 2.75) is 6.92 Å². The van der Waals surface area contributed by atoms with Gasteiger partial charge in [-0.3, -0.25) is 10.1 Å². The third kappa shape index (κ3) is 2.45. The summed E-state index contributed by atoms with van der Waals surface area (Å²) in [5.74, 6) is 5.41. The van der Waals surface area contributed by atoms with E-state index in [9.17, 15) is 10.1 Å². The summed E-state index contributed by atoms with van der Waals surface area (Å²) in [5.41, 5.74) is 12.3. The van der Waals surface area contributed by atoms with Crippen LogP contribution in [-0.2, 0) is 0 Å². The number of benzene rings is 1. The normalized spacial score (nSPS) is 9.20. The van der Waals surface area contributed by atoms with Crippen molar-refractivity contribution in [1.82, 2.24) is 0 Å². The van der Waals surface area contributed by atoms with Gasteiger partial charge in [0, 0.05) is 17.2 Å². The number of aryl methyl sites for hydroxylation is 1. The number of nitro benzene ring substituents is 1. The second kappa shape index (κ2) is 4.44. The summed E-state index contributed by atoms with van der Waals surface area (Å²) < 4.78 is 0. The van der Waals surface area contributed by atoms with Crippen LogP contribution in [0.25, 0.3) is 0 Å². The third-order valence-electron chi connectivity index (χ3n) is 1.89. The van der Waals surface area contributed by atoms with Crippen molar-refractivity contribution in [3.05, 3.63) is 33.4 Å². The quantitative estimate of drug-likeness (QED) is 0.307. The van der Waals surface area contributed by atoms with Crippen LogP contribution in [0.2, 0.25) is 0 Å². The highest BCUT2D eigenvalue weighted by Gasteiger charge is 2.12. The van der Waals surface area contributed by atoms with Crippen LogP contribution in [0.15, 0.2) is 12.1 Å². The molecular weight excluding hydrogens is 194 g/mol. The molecule has 0 radical (unpaired) electrons. The van der Waals surface area contributed by atoms with Gasteiger partial charge < -0.3 is 11.5 Å². The van der Waals surface area contributed by atoms with E-state index in [2.05, 4.69) is 11.8 Å². The summed E-state index contributed by atoms with van der Waals surface area (Å²) >= 11 is 0. The predicted molar refractivity (Wildman–Crippen MR) is 58.2 cm³/mol. The Morgan fingerprint density at radius 1 is 1.53 bits per heavy atom. The Balaban J connectivity index is 3.25. The van der Waals surface area contributed by atoms with Gasteiger partial charge in [0.15, 0.2) is 0 Å². The molecule has 0 heterocycles. The average molecular weight is 205 g/mol. The molecule has 0 fully saturated rings. The summed E-state index contributed by atoms with van der Waals surface area (Å²) in [7, 11) is 0. The summed E-state index contributed by atoms with van der Waals surface area (Å²) in [6, 6.07) is 2.91. The van der Waals surface area contributed by atoms with Gasteiger partial charge in [0.05, 0.1) is 17.2 Å². The van der Waals surface area contributed by atoms with Gasteiger partial charge in [-0.1, -0.05) is 11.8 Å². The highest BCUT2D eigenvalue weighted by Crippen LogP contribution is 2.23. The number of anilines is 1. The van der Waals surface area contributed by atoms with Crippen molar-refractivity contribution < 1.29 is 4.92 Å². The highest BCUT2D eigenvalue weighted by molar-refractivity contribution is 5.63. The third-order valence-corrected chi connectivity index (χ3v) is 1.89. The molecule has 0 aliphatic carbocycles. The van der Waals surface area contributed by atoms with Crippen molar-refractivity contribution in [2.24, 2.45) is 5.73 Å². The lowest BCUT2D eigenvalue weighted by atomic mass is 10.1. The van der Waals surface area contributed by atoms with E-state index in [-0.39, 0.29) is 12.2 Å². The number of nitrogens with zero attached hydrogens (tertiary/aromatic N) is 1. The van der Waals surface area contributed by atoms with Crippen LogP contribution in [0, 0.1) is 28.9 Å². The van der Waals surface area contributed by atoms with Crippen LogP contribution in [-0.4, -0.2) is 11.5 Å². The van der Waals surface area contributed by atoms with Crippen LogP contribution >= 0.6 is 0 Å². The molecule has 0 unspecified atom stereocenters. The van der Waals surface area contributed by atoms with Gasteiger partial charge in [0.1, 0.15) is 0 Å². The van der Waals surface area contributed by atoms with E-state index in [1.54, 1.807) is 13.0 Å². The maximum Gasteiger partial charge on any atom is 0.274 e. The Morgan fingerprint density at radius 3 is 2.73 bits per heavy atom. The monoisotopic (exact) mass is 205 g/mol. The van der Waals surface area contributed by atoms with Gasteiger partial charge in [0.25, 0.3) is 5.69 Å². The van der Waals surface area contributed by atoms with Crippen LogP contribution in [0.5, 0.6) is 0 Å². The molecule has 0 atom stereocenters. The van der Waals surface area contributed by atoms with Crippen LogP contribution < -0.4 is 11.5 Å². The SMILES string of the molecule is Cc1cc(C#CCN)c(N)cc1[N+](=O)[O-]. The predicted octanol–water partition coefficient (Wildman–Crippen LogP) is 0.796. The van der Waals surface area contributed by atoms with Gasteiger partial charge in [-0.15, -0.1) is 0 Å². The Kier molecular flexibility index (Phi) is 3.26. The lowest BCUT2D eigenvalue weighted by Crippen LogP contribution is -1.98. The summed E-state index contributed by atoms with van der Waals surface area (Å²) in [4.78, 5) is 10.1. The number of nitrogens with two attached hydrogens (primary N) is 2. The minimum Gasteiger partial charge on any atom is -0.398 e. The molecule has 5 nitrogen and oxygen atoms in total. The van der Waals surface area contributed by atoms with E-state index < -0.39 is 4.92 Å². The maximum atomic E-state index is 10.6. The number of hydrogen-bond donors (Lipinski definition) is 2. The Labute approximate surface area is 87.2 Å². The molecule has 5 heteroatoms. The lowest BCUT2D eigenvalue weighted by molar-refractivity contribution is -0.385. The first-order valence-electron chi connectivity index (χ1n) is 4.29. The summed E-state index contributed by atoms with van der Waals surface area (Å²) in [6.07, 6.45) is 0. The second-order valence-electron chi connectivity index (χ2n) is 2.99. The molecule has 0 aliphatic rings. The molecule has 0 bridgehead atoms. The Hall–Kier alpha value is -2.06. The van der Waals surface area contributed by atoms with Gasteiger partial charge >= 0.3 is 0 Å². The minimum absolute atomic E-state index is 0.00537. The molecule has 1 aromatic rings. The first-order valence-corrected chi connectivity index (χ1v) is 4.29. The van der Waals surface area contributed by atoms with E-state index in [0.29, 0.717) is 16.8 Å². The second-order valence-corrected chi connectivity index (χ2v) is 2.99. The number of hydrogen-bond acceptors (Lipinski definition) is 4. The van der Waals surface area contributed by atoms with Crippen molar-refractivity contribution >= 4 is 11.4 Å². The smallest absolute Gasteiger partial charge is 0.274 e. The Bertz CT molecular complexity index is 458. The van der Waals surface area contributed by atoms with Gasteiger partial charge in [-0.05, 0) is 13.0 Å². The summed E-state index contributed by atoms with van der Waals surface area (Å²) in [5, 5.41) is 10.6. The zero-order chi connectivity index (χ0) is 11.4. The number of nitro groups is 1. The first-order chi connectivity index (χ1) is 7.06. The van der Waals surface area contributed by atoms with Crippen LogP contribution in [0.4, 0.5) is 11.4 Å². The molecule has 0 amide bonds. The fourth-order valence-electron chi connectivity index (χ4n) is 1.16. The number of nitrogen functional groups attached to an aromatic ring is 1. The van der Waals surface area contributed by atoms with Gasteiger partial charge in [-0.2, -0.15) is 0 Å². The van der Waals surface area contributed by atoms with E-state index in [1.807, 2.05) is 0 Å². The zero-order valence-electron chi connectivity index (χ0n) is 8.28. The molecule has 1 rings (SSSR count). The van der Waals surface area contributed by atoms with Gasteiger partial charge in [0.2, 0.25) is 0 Å². The van der Waals surface area contributed by atoms with Crippen molar-refractivity contribution in [3.8, 4) is 11.8 Å². The molecule has 0 aliphatic heterocycles. The topological polar surface area (TPSA) is 95.2 Å². The molecule has 4 N–H and O–H groups in total. The molecule has 1 aromatic carbocycles. The van der Waals surface area contributed by atoms with Crippen LogP contribution in [0.3, 0.4) is 0 Å². The van der Waals surface area contributed by atoms with Crippen molar-refractivity contribution in [1.29, 1.82) is 0 Å². The van der Waals surface area contributed by atoms with E-state index in [0.717, 1.165) is 0 Å². The average Bonchev–Trinajstić information content (AvgIpc) is 2.18. The van der Waals surface area contributed by atoms with E-state index in [4.69, 9.17) is 11.5 Å². The summed E-state index contributed by atoms with van der Waals surface area (Å²) in [6.45, 7) is 1.88.